The molecule has 3 rings (SSSR count). The lowest BCUT2D eigenvalue weighted by Gasteiger charge is -2.36. The summed E-state index contributed by atoms with van der Waals surface area (Å²) >= 11 is 0. The monoisotopic (exact) mass is 340 g/mol. The molecule has 1 aliphatic heterocycles. The second-order valence-electron chi connectivity index (χ2n) is 7.27. The molecule has 0 N–H and O–H groups in total. The van der Waals surface area contributed by atoms with E-state index in [1.165, 1.54) is 16.8 Å². The smallest absolute Gasteiger partial charge is 0.263 e. The number of carbonyl (C=O) groups is 1. The van der Waals surface area contributed by atoms with Gasteiger partial charge in [0.15, 0.2) is 6.10 Å². The standard InChI is InChI=1S/C21H28N2O2/c1-14(2)19-9-8-18(13-15(19)3)25-17(5)21(24)23-12-11-22-10-6-7-20(22)16(23)4/h6-10,13-14,16-17H,11-12H2,1-5H3. The van der Waals surface area contributed by atoms with Crippen molar-refractivity contribution in [2.24, 2.45) is 0 Å². The van der Waals surface area contributed by atoms with Crippen LogP contribution in [0.15, 0.2) is 36.5 Å². The summed E-state index contributed by atoms with van der Waals surface area (Å²) in [5.74, 6) is 1.29. The van der Waals surface area contributed by atoms with E-state index in [1.807, 2.05) is 30.0 Å². The van der Waals surface area contributed by atoms with E-state index in [4.69, 9.17) is 4.74 Å². The number of hydrogen-bond donors (Lipinski definition) is 0. The Kier molecular flexibility index (Phi) is 4.89. The number of rotatable bonds is 4. The van der Waals surface area contributed by atoms with E-state index in [0.717, 1.165) is 18.8 Å². The Hall–Kier alpha value is -2.23. The van der Waals surface area contributed by atoms with Crippen LogP contribution in [0.4, 0.5) is 0 Å². The molecule has 1 amide bonds. The molecule has 0 bridgehead atoms. The Balaban J connectivity index is 1.70. The van der Waals surface area contributed by atoms with Gasteiger partial charge in [0.25, 0.3) is 5.91 Å². The molecule has 0 fully saturated rings. The second kappa shape index (κ2) is 6.95. The average molecular weight is 340 g/mol. The normalized spacial score (nSPS) is 18.2. The fraction of sp³-hybridized carbons (Fsp3) is 0.476. The van der Waals surface area contributed by atoms with Crippen molar-refractivity contribution < 1.29 is 9.53 Å². The zero-order valence-electron chi connectivity index (χ0n) is 15.8. The summed E-state index contributed by atoms with van der Waals surface area (Å²) in [5, 5.41) is 0. The van der Waals surface area contributed by atoms with Crippen LogP contribution in [-0.2, 0) is 11.3 Å². The minimum atomic E-state index is -0.492. The van der Waals surface area contributed by atoms with Gasteiger partial charge < -0.3 is 14.2 Å². The van der Waals surface area contributed by atoms with Crippen molar-refractivity contribution in [1.29, 1.82) is 0 Å². The van der Waals surface area contributed by atoms with Crippen molar-refractivity contribution in [2.75, 3.05) is 6.54 Å². The van der Waals surface area contributed by atoms with Gasteiger partial charge in [0, 0.05) is 25.0 Å². The second-order valence-corrected chi connectivity index (χ2v) is 7.27. The van der Waals surface area contributed by atoms with Crippen molar-refractivity contribution in [1.82, 2.24) is 9.47 Å². The molecule has 4 heteroatoms. The zero-order chi connectivity index (χ0) is 18.1. The molecule has 0 radical (unpaired) electrons. The van der Waals surface area contributed by atoms with Gasteiger partial charge in [-0.05, 0) is 62.1 Å². The lowest BCUT2D eigenvalue weighted by molar-refractivity contribution is -0.141. The molecule has 1 aliphatic rings. The van der Waals surface area contributed by atoms with Crippen LogP contribution in [0, 0.1) is 6.92 Å². The Labute approximate surface area is 150 Å². The summed E-state index contributed by atoms with van der Waals surface area (Å²) in [4.78, 5) is 14.8. The first-order valence-electron chi connectivity index (χ1n) is 9.11. The number of aromatic nitrogens is 1. The predicted octanol–water partition coefficient (Wildman–Crippen LogP) is 4.29. The third-order valence-electron chi connectivity index (χ3n) is 5.15. The first-order valence-corrected chi connectivity index (χ1v) is 9.11. The van der Waals surface area contributed by atoms with Gasteiger partial charge in [0.1, 0.15) is 5.75 Å². The zero-order valence-corrected chi connectivity index (χ0v) is 15.8. The highest BCUT2D eigenvalue weighted by Crippen LogP contribution is 2.28. The van der Waals surface area contributed by atoms with Gasteiger partial charge in [0.05, 0.1) is 6.04 Å². The van der Waals surface area contributed by atoms with E-state index in [1.54, 1.807) is 0 Å². The van der Waals surface area contributed by atoms with Gasteiger partial charge in [-0.2, -0.15) is 0 Å². The molecule has 2 aromatic rings. The summed E-state index contributed by atoms with van der Waals surface area (Å²) < 4.78 is 8.18. The van der Waals surface area contributed by atoms with Crippen molar-refractivity contribution in [2.45, 2.75) is 59.2 Å². The Morgan fingerprint density at radius 2 is 1.96 bits per heavy atom. The van der Waals surface area contributed by atoms with Crippen LogP contribution >= 0.6 is 0 Å². The number of fused-ring (bicyclic) bond motifs is 1. The van der Waals surface area contributed by atoms with E-state index < -0.39 is 6.10 Å². The number of amides is 1. The Bertz CT molecular complexity index is 763. The van der Waals surface area contributed by atoms with Crippen LogP contribution in [0.5, 0.6) is 5.75 Å². The van der Waals surface area contributed by atoms with Gasteiger partial charge in [-0.3, -0.25) is 4.79 Å². The minimum Gasteiger partial charge on any atom is -0.481 e. The lowest BCUT2D eigenvalue weighted by atomic mass is 9.98. The predicted molar refractivity (Wildman–Crippen MR) is 99.9 cm³/mol. The van der Waals surface area contributed by atoms with Gasteiger partial charge in [-0.15, -0.1) is 0 Å². The SMILES string of the molecule is Cc1cc(OC(C)C(=O)N2CCn3cccc3C2C)ccc1C(C)C. The lowest BCUT2D eigenvalue weighted by Crippen LogP contribution is -2.46. The van der Waals surface area contributed by atoms with Crippen LogP contribution in [0.1, 0.15) is 56.5 Å². The molecule has 0 saturated carbocycles. The maximum Gasteiger partial charge on any atom is 0.263 e. The molecule has 2 atom stereocenters. The first-order chi connectivity index (χ1) is 11.9. The number of benzene rings is 1. The topological polar surface area (TPSA) is 34.5 Å². The number of ether oxygens (including phenoxy) is 1. The molecule has 2 heterocycles. The van der Waals surface area contributed by atoms with Crippen LogP contribution in [0.3, 0.4) is 0 Å². The maximum atomic E-state index is 12.9. The summed E-state index contributed by atoms with van der Waals surface area (Å²) in [6.07, 6.45) is 1.58. The van der Waals surface area contributed by atoms with E-state index in [-0.39, 0.29) is 11.9 Å². The molecule has 0 saturated heterocycles. The Morgan fingerprint density at radius 1 is 1.20 bits per heavy atom. The van der Waals surface area contributed by atoms with Crippen molar-refractivity contribution >= 4 is 5.91 Å². The molecular formula is C21H28N2O2. The van der Waals surface area contributed by atoms with Crippen molar-refractivity contribution in [3.8, 4) is 5.75 Å². The highest BCUT2D eigenvalue weighted by Gasteiger charge is 2.31. The third kappa shape index (κ3) is 3.44. The molecular weight excluding hydrogens is 312 g/mol. The molecule has 4 nitrogen and oxygen atoms in total. The van der Waals surface area contributed by atoms with Gasteiger partial charge in [-0.1, -0.05) is 19.9 Å². The molecule has 0 aliphatic carbocycles. The number of aryl methyl sites for hydroxylation is 1. The third-order valence-corrected chi connectivity index (χ3v) is 5.15. The van der Waals surface area contributed by atoms with E-state index in [0.29, 0.717) is 5.92 Å². The highest BCUT2D eigenvalue weighted by molar-refractivity contribution is 5.81. The summed E-state index contributed by atoms with van der Waals surface area (Å²) in [7, 11) is 0. The molecule has 0 spiro atoms. The molecule has 2 unspecified atom stereocenters. The highest BCUT2D eigenvalue weighted by atomic mass is 16.5. The van der Waals surface area contributed by atoms with Crippen LogP contribution in [-0.4, -0.2) is 28.0 Å². The maximum absolute atomic E-state index is 12.9. The van der Waals surface area contributed by atoms with Crippen LogP contribution < -0.4 is 4.74 Å². The van der Waals surface area contributed by atoms with Crippen LogP contribution in [0.25, 0.3) is 0 Å². The number of carbonyl (C=O) groups excluding carboxylic acids is 1. The summed E-state index contributed by atoms with van der Waals surface area (Å²) in [6, 6.07) is 10.3. The van der Waals surface area contributed by atoms with Crippen molar-refractivity contribution in [3.63, 3.8) is 0 Å². The van der Waals surface area contributed by atoms with E-state index in [9.17, 15) is 4.79 Å². The van der Waals surface area contributed by atoms with Gasteiger partial charge in [-0.25, -0.2) is 0 Å². The van der Waals surface area contributed by atoms with Crippen molar-refractivity contribution in [3.05, 3.63) is 53.3 Å². The molecule has 134 valence electrons. The minimum absolute atomic E-state index is 0.0468. The summed E-state index contributed by atoms with van der Waals surface area (Å²) in [6.45, 7) is 11.9. The molecule has 1 aromatic heterocycles. The van der Waals surface area contributed by atoms with E-state index in [2.05, 4.69) is 50.6 Å². The first kappa shape index (κ1) is 17.6. The van der Waals surface area contributed by atoms with E-state index >= 15 is 0 Å². The average Bonchev–Trinajstić information content (AvgIpc) is 3.04. The van der Waals surface area contributed by atoms with Crippen LogP contribution in [0.2, 0.25) is 0 Å². The fourth-order valence-electron chi connectivity index (χ4n) is 3.74. The number of hydrogen-bond acceptors (Lipinski definition) is 2. The fourth-order valence-corrected chi connectivity index (χ4v) is 3.74. The summed E-state index contributed by atoms with van der Waals surface area (Å²) in [5.41, 5.74) is 3.71. The number of nitrogens with zero attached hydrogens (tertiary/aromatic N) is 2. The Morgan fingerprint density at radius 3 is 2.64 bits per heavy atom. The van der Waals surface area contributed by atoms with Gasteiger partial charge >= 0.3 is 0 Å². The largest absolute Gasteiger partial charge is 0.481 e. The molecule has 1 aromatic carbocycles. The quantitative estimate of drug-likeness (QED) is 0.832. The molecule has 25 heavy (non-hydrogen) atoms. The van der Waals surface area contributed by atoms with Gasteiger partial charge in [0.2, 0.25) is 0 Å².